The fraction of sp³-hybridized carbons (Fsp3) is 0.419. The lowest BCUT2D eigenvalue weighted by molar-refractivity contribution is -0.138. The SMILES string of the molecule is Cc1ccc(/C=C/c2onc(C)c2S(=O)(=O)N2CCC[C@H](C(=O)N3CCC(Cc4ccccc4)CC3)C2)cc1. The second-order valence-electron chi connectivity index (χ2n) is 10.9. The molecule has 0 radical (unpaired) electrons. The van der Waals surface area contributed by atoms with Crippen molar-refractivity contribution in [2.75, 3.05) is 26.2 Å². The standard InChI is InChI=1S/C31H37N3O4S/c1-23-10-12-25(13-11-23)14-15-29-30(24(2)32-38-29)39(36,37)34-18-6-9-28(22-34)31(35)33-19-16-27(17-20-33)21-26-7-4-3-5-8-26/h3-5,7-8,10-15,27-28H,6,9,16-22H2,1-2H3/b15-14+/t28-/m0/s1. The van der Waals surface area contributed by atoms with Crippen LogP contribution in [0.4, 0.5) is 0 Å². The van der Waals surface area contributed by atoms with Crippen molar-refractivity contribution in [3.8, 4) is 0 Å². The predicted octanol–water partition coefficient (Wildman–Crippen LogP) is 5.34. The first-order valence-electron chi connectivity index (χ1n) is 13.8. The molecule has 3 aromatic rings. The Bertz CT molecular complexity index is 1410. The van der Waals surface area contributed by atoms with Gasteiger partial charge in [-0.1, -0.05) is 71.4 Å². The number of hydrogen-bond acceptors (Lipinski definition) is 5. The fourth-order valence-electron chi connectivity index (χ4n) is 5.70. The molecule has 39 heavy (non-hydrogen) atoms. The van der Waals surface area contributed by atoms with E-state index in [0.29, 0.717) is 31.0 Å². The Balaban J connectivity index is 1.24. The van der Waals surface area contributed by atoms with Gasteiger partial charge in [-0.2, -0.15) is 4.31 Å². The minimum atomic E-state index is -3.88. The third kappa shape index (κ3) is 6.34. The molecule has 2 fully saturated rings. The van der Waals surface area contributed by atoms with E-state index in [9.17, 15) is 13.2 Å². The van der Waals surface area contributed by atoms with Gasteiger partial charge in [0.1, 0.15) is 5.69 Å². The largest absolute Gasteiger partial charge is 0.355 e. The molecule has 8 heteroatoms. The zero-order valence-corrected chi connectivity index (χ0v) is 23.6. The molecule has 7 nitrogen and oxygen atoms in total. The van der Waals surface area contributed by atoms with Crippen molar-refractivity contribution in [1.29, 1.82) is 0 Å². The van der Waals surface area contributed by atoms with Crippen LogP contribution in [0.5, 0.6) is 0 Å². The van der Waals surface area contributed by atoms with Crippen molar-refractivity contribution in [1.82, 2.24) is 14.4 Å². The summed E-state index contributed by atoms with van der Waals surface area (Å²) in [5.74, 6) is 0.533. The van der Waals surface area contributed by atoms with E-state index in [-0.39, 0.29) is 29.0 Å². The van der Waals surface area contributed by atoms with E-state index in [4.69, 9.17) is 4.52 Å². The maximum absolute atomic E-state index is 13.8. The highest BCUT2D eigenvalue weighted by atomic mass is 32.2. The van der Waals surface area contributed by atoms with Gasteiger partial charge in [0.25, 0.3) is 0 Å². The Labute approximate surface area is 231 Å². The van der Waals surface area contributed by atoms with Crippen molar-refractivity contribution in [3.05, 3.63) is 82.7 Å². The molecule has 2 aliphatic rings. The molecule has 0 spiro atoms. The van der Waals surface area contributed by atoms with E-state index in [1.807, 2.05) is 48.2 Å². The van der Waals surface area contributed by atoms with Gasteiger partial charge >= 0.3 is 0 Å². The molecule has 3 heterocycles. The fourth-order valence-corrected chi connectivity index (χ4v) is 7.48. The molecule has 0 N–H and O–H groups in total. The maximum atomic E-state index is 13.8. The smallest absolute Gasteiger partial charge is 0.248 e. The summed E-state index contributed by atoms with van der Waals surface area (Å²) in [6.07, 6.45) is 7.83. The summed E-state index contributed by atoms with van der Waals surface area (Å²) in [6.45, 7) is 5.71. The molecule has 2 saturated heterocycles. The second-order valence-corrected chi connectivity index (χ2v) is 12.7. The lowest BCUT2D eigenvalue weighted by Crippen LogP contribution is -2.48. The van der Waals surface area contributed by atoms with Gasteiger partial charge in [0.15, 0.2) is 10.7 Å². The van der Waals surface area contributed by atoms with Crippen LogP contribution in [0.3, 0.4) is 0 Å². The molecular weight excluding hydrogens is 510 g/mol. The summed E-state index contributed by atoms with van der Waals surface area (Å²) in [7, 11) is -3.88. The number of aromatic nitrogens is 1. The summed E-state index contributed by atoms with van der Waals surface area (Å²) >= 11 is 0. The average Bonchev–Trinajstić information content (AvgIpc) is 3.34. The number of carbonyl (C=O) groups is 1. The Morgan fingerprint density at radius 3 is 2.41 bits per heavy atom. The molecule has 2 aromatic carbocycles. The molecule has 0 bridgehead atoms. The van der Waals surface area contributed by atoms with E-state index in [0.717, 1.165) is 43.5 Å². The third-order valence-electron chi connectivity index (χ3n) is 7.96. The molecule has 0 aliphatic carbocycles. The van der Waals surface area contributed by atoms with Gasteiger partial charge in [0.2, 0.25) is 15.9 Å². The second kappa shape index (κ2) is 11.9. The highest BCUT2D eigenvalue weighted by Crippen LogP contribution is 2.31. The maximum Gasteiger partial charge on any atom is 0.248 e. The summed E-state index contributed by atoms with van der Waals surface area (Å²) in [5.41, 5.74) is 3.76. The van der Waals surface area contributed by atoms with E-state index >= 15 is 0 Å². The van der Waals surface area contributed by atoms with Crippen LogP contribution in [-0.2, 0) is 21.2 Å². The van der Waals surface area contributed by atoms with Crippen LogP contribution in [0.1, 0.15) is 53.8 Å². The number of sulfonamides is 1. The van der Waals surface area contributed by atoms with Gasteiger partial charge in [-0.15, -0.1) is 0 Å². The highest BCUT2D eigenvalue weighted by Gasteiger charge is 2.38. The number of benzene rings is 2. The zero-order chi connectivity index (χ0) is 27.4. The molecule has 1 atom stereocenters. The van der Waals surface area contributed by atoms with E-state index in [1.165, 1.54) is 9.87 Å². The Morgan fingerprint density at radius 1 is 0.974 bits per heavy atom. The van der Waals surface area contributed by atoms with Gasteiger partial charge in [0.05, 0.1) is 5.92 Å². The molecule has 0 saturated carbocycles. The molecular formula is C31H37N3O4S. The number of hydrogen-bond donors (Lipinski definition) is 0. The van der Waals surface area contributed by atoms with Crippen LogP contribution < -0.4 is 0 Å². The van der Waals surface area contributed by atoms with Crippen LogP contribution in [0, 0.1) is 25.7 Å². The molecule has 0 unspecified atom stereocenters. The number of nitrogens with zero attached hydrogens (tertiary/aromatic N) is 3. The van der Waals surface area contributed by atoms with E-state index in [2.05, 4.69) is 29.4 Å². The topological polar surface area (TPSA) is 83.7 Å². The highest BCUT2D eigenvalue weighted by molar-refractivity contribution is 7.89. The minimum absolute atomic E-state index is 0.0783. The number of piperidine rings is 2. The van der Waals surface area contributed by atoms with Crippen molar-refractivity contribution in [2.24, 2.45) is 11.8 Å². The van der Waals surface area contributed by atoms with Crippen LogP contribution in [0.15, 0.2) is 64.0 Å². The van der Waals surface area contributed by atoms with E-state index < -0.39 is 10.0 Å². The first-order chi connectivity index (χ1) is 18.8. The number of carbonyl (C=O) groups excluding carboxylic acids is 1. The quantitative estimate of drug-likeness (QED) is 0.399. The molecule has 1 aromatic heterocycles. The van der Waals surface area contributed by atoms with E-state index in [1.54, 1.807) is 13.0 Å². The van der Waals surface area contributed by atoms with Crippen molar-refractivity contribution in [3.63, 3.8) is 0 Å². The monoisotopic (exact) mass is 547 g/mol. The van der Waals surface area contributed by atoms with Gasteiger partial charge in [-0.05, 0) is 69.1 Å². The first kappa shape index (κ1) is 27.3. The zero-order valence-electron chi connectivity index (χ0n) is 22.8. The Kier molecular flexibility index (Phi) is 8.33. The average molecular weight is 548 g/mol. The Hall–Kier alpha value is -3.23. The number of rotatable bonds is 7. The normalized spacial score (nSPS) is 19.5. The number of amides is 1. The van der Waals surface area contributed by atoms with Crippen molar-refractivity contribution < 1.29 is 17.7 Å². The molecule has 1 amide bonds. The van der Waals surface area contributed by atoms with Crippen LogP contribution >= 0.6 is 0 Å². The summed E-state index contributed by atoms with van der Waals surface area (Å²) in [4.78, 5) is 15.5. The van der Waals surface area contributed by atoms with Crippen LogP contribution in [0.2, 0.25) is 0 Å². The summed E-state index contributed by atoms with van der Waals surface area (Å²) in [5, 5.41) is 3.96. The van der Waals surface area contributed by atoms with Crippen LogP contribution in [0.25, 0.3) is 12.2 Å². The lowest BCUT2D eigenvalue weighted by Gasteiger charge is -2.37. The predicted molar refractivity (Wildman–Crippen MR) is 152 cm³/mol. The molecule has 5 rings (SSSR count). The minimum Gasteiger partial charge on any atom is -0.355 e. The van der Waals surface area contributed by atoms with Gasteiger partial charge in [0, 0.05) is 26.2 Å². The molecule has 206 valence electrons. The first-order valence-corrected chi connectivity index (χ1v) is 15.3. The third-order valence-corrected chi connectivity index (χ3v) is 9.99. The summed E-state index contributed by atoms with van der Waals surface area (Å²) in [6, 6.07) is 18.4. The van der Waals surface area contributed by atoms with Crippen molar-refractivity contribution in [2.45, 2.75) is 50.8 Å². The van der Waals surface area contributed by atoms with Crippen LogP contribution in [-0.4, -0.2) is 54.9 Å². The van der Waals surface area contributed by atoms with Crippen molar-refractivity contribution >= 4 is 28.1 Å². The van der Waals surface area contributed by atoms with Gasteiger partial charge in [-0.3, -0.25) is 4.79 Å². The Morgan fingerprint density at radius 2 is 1.69 bits per heavy atom. The van der Waals surface area contributed by atoms with Gasteiger partial charge in [-0.25, -0.2) is 8.42 Å². The summed E-state index contributed by atoms with van der Waals surface area (Å²) < 4.78 is 34.4. The number of aryl methyl sites for hydroxylation is 2. The van der Waals surface area contributed by atoms with Gasteiger partial charge < -0.3 is 9.42 Å². The molecule has 2 aliphatic heterocycles. The number of likely N-dealkylation sites (tertiary alicyclic amines) is 1. The lowest BCUT2D eigenvalue weighted by atomic mass is 9.89.